The molecule has 0 aromatic heterocycles. The van der Waals surface area contributed by atoms with E-state index in [1.807, 2.05) is 0 Å². The minimum atomic E-state index is 0.773. The molecular weight excluding hydrogens is 182 g/mol. The van der Waals surface area contributed by atoms with Crippen molar-refractivity contribution in [1.82, 2.24) is 5.32 Å². The predicted octanol–water partition coefficient (Wildman–Crippen LogP) is 0.666. The van der Waals surface area contributed by atoms with Crippen LogP contribution in [-0.2, 0) is 14.2 Å². The van der Waals surface area contributed by atoms with Crippen molar-refractivity contribution in [2.45, 2.75) is 12.8 Å². The van der Waals surface area contributed by atoms with Crippen LogP contribution in [0.1, 0.15) is 12.8 Å². The first-order chi connectivity index (χ1) is 6.91. The topological polar surface area (TPSA) is 39.7 Å². The molecule has 0 heterocycles. The SMILES string of the molecule is COCCCOCCCNCCOC. The maximum atomic E-state index is 5.39. The molecular formula is C10H23NO3. The molecule has 14 heavy (non-hydrogen) atoms. The van der Waals surface area contributed by atoms with Gasteiger partial charge in [-0.15, -0.1) is 0 Å². The van der Waals surface area contributed by atoms with Gasteiger partial charge in [-0.2, -0.15) is 0 Å². The normalized spacial score (nSPS) is 10.7. The van der Waals surface area contributed by atoms with Gasteiger partial charge in [-0.05, 0) is 19.4 Å². The zero-order valence-corrected chi connectivity index (χ0v) is 9.38. The van der Waals surface area contributed by atoms with Gasteiger partial charge >= 0.3 is 0 Å². The van der Waals surface area contributed by atoms with Gasteiger partial charge in [0.25, 0.3) is 0 Å². The van der Waals surface area contributed by atoms with Crippen molar-refractivity contribution >= 4 is 0 Å². The number of methoxy groups -OCH3 is 2. The van der Waals surface area contributed by atoms with Gasteiger partial charge in [-0.3, -0.25) is 0 Å². The molecule has 0 aromatic carbocycles. The molecule has 0 aliphatic rings. The minimum Gasteiger partial charge on any atom is -0.385 e. The van der Waals surface area contributed by atoms with E-state index >= 15 is 0 Å². The van der Waals surface area contributed by atoms with Crippen LogP contribution in [0.2, 0.25) is 0 Å². The molecule has 0 unspecified atom stereocenters. The van der Waals surface area contributed by atoms with Crippen LogP contribution in [-0.4, -0.2) is 53.7 Å². The van der Waals surface area contributed by atoms with Gasteiger partial charge in [0.05, 0.1) is 6.61 Å². The van der Waals surface area contributed by atoms with E-state index in [1.165, 1.54) is 0 Å². The Labute approximate surface area is 86.9 Å². The first kappa shape index (κ1) is 13.8. The molecule has 4 heteroatoms. The number of hydrogen-bond donors (Lipinski definition) is 1. The van der Waals surface area contributed by atoms with Crippen LogP contribution in [0.5, 0.6) is 0 Å². The molecule has 0 fully saturated rings. The van der Waals surface area contributed by atoms with Crippen molar-refractivity contribution in [3.63, 3.8) is 0 Å². The van der Waals surface area contributed by atoms with E-state index in [4.69, 9.17) is 14.2 Å². The summed E-state index contributed by atoms with van der Waals surface area (Å²) in [5.41, 5.74) is 0. The van der Waals surface area contributed by atoms with Crippen LogP contribution >= 0.6 is 0 Å². The molecule has 0 aliphatic carbocycles. The molecule has 0 radical (unpaired) electrons. The van der Waals surface area contributed by atoms with Gasteiger partial charge in [0.15, 0.2) is 0 Å². The van der Waals surface area contributed by atoms with Gasteiger partial charge in [0.1, 0.15) is 0 Å². The molecule has 0 saturated heterocycles. The van der Waals surface area contributed by atoms with Gasteiger partial charge in [-0.25, -0.2) is 0 Å². The smallest absolute Gasteiger partial charge is 0.0587 e. The molecule has 0 spiro atoms. The van der Waals surface area contributed by atoms with Crippen LogP contribution in [0.3, 0.4) is 0 Å². The third kappa shape index (κ3) is 11.8. The van der Waals surface area contributed by atoms with Gasteiger partial charge < -0.3 is 19.5 Å². The lowest BCUT2D eigenvalue weighted by molar-refractivity contribution is 0.101. The minimum absolute atomic E-state index is 0.773. The van der Waals surface area contributed by atoms with Crippen molar-refractivity contribution in [1.29, 1.82) is 0 Å². The summed E-state index contributed by atoms with van der Waals surface area (Å²) in [4.78, 5) is 0. The Morgan fingerprint density at radius 2 is 1.50 bits per heavy atom. The summed E-state index contributed by atoms with van der Waals surface area (Å²) in [5.74, 6) is 0. The molecule has 4 nitrogen and oxygen atoms in total. The summed E-state index contributed by atoms with van der Waals surface area (Å²) in [6.45, 7) is 5.09. The molecule has 0 bridgehead atoms. The fourth-order valence-corrected chi connectivity index (χ4v) is 1.01. The highest BCUT2D eigenvalue weighted by Crippen LogP contribution is 1.85. The van der Waals surface area contributed by atoms with E-state index in [0.717, 1.165) is 52.4 Å². The Kier molecular flexibility index (Phi) is 12.7. The Hall–Kier alpha value is -0.160. The fraction of sp³-hybridized carbons (Fsp3) is 1.00. The number of ether oxygens (including phenoxy) is 3. The molecule has 86 valence electrons. The summed E-state index contributed by atoms with van der Waals surface area (Å²) in [6.07, 6.45) is 2.03. The largest absolute Gasteiger partial charge is 0.385 e. The summed E-state index contributed by atoms with van der Waals surface area (Å²) >= 11 is 0. The molecule has 1 N–H and O–H groups in total. The van der Waals surface area contributed by atoms with Crippen molar-refractivity contribution in [2.75, 3.05) is 53.7 Å². The van der Waals surface area contributed by atoms with Crippen molar-refractivity contribution in [2.24, 2.45) is 0 Å². The predicted molar refractivity (Wildman–Crippen MR) is 56.7 cm³/mol. The zero-order chi connectivity index (χ0) is 10.5. The first-order valence-electron chi connectivity index (χ1n) is 5.18. The van der Waals surface area contributed by atoms with E-state index in [9.17, 15) is 0 Å². The lowest BCUT2D eigenvalue weighted by Gasteiger charge is -2.05. The van der Waals surface area contributed by atoms with Crippen LogP contribution in [0.4, 0.5) is 0 Å². The monoisotopic (exact) mass is 205 g/mol. The second kappa shape index (κ2) is 12.8. The summed E-state index contributed by atoms with van der Waals surface area (Å²) in [7, 11) is 3.42. The van der Waals surface area contributed by atoms with E-state index in [2.05, 4.69) is 5.32 Å². The molecule has 0 amide bonds. The highest BCUT2D eigenvalue weighted by Gasteiger charge is 1.90. The number of hydrogen-bond acceptors (Lipinski definition) is 4. The lowest BCUT2D eigenvalue weighted by atomic mass is 10.4. The molecule has 0 saturated carbocycles. The molecule has 0 rings (SSSR count). The van der Waals surface area contributed by atoms with Gasteiger partial charge in [0.2, 0.25) is 0 Å². The maximum Gasteiger partial charge on any atom is 0.0587 e. The van der Waals surface area contributed by atoms with E-state index in [1.54, 1.807) is 14.2 Å². The van der Waals surface area contributed by atoms with E-state index in [-0.39, 0.29) is 0 Å². The Balaban J connectivity index is 2.78. The number of nitrogens with one attached hydrogen (secondary N) is 1. The second-order valence-electron chi connectivity index (χ2n) is 3.06. The van der Waals surface area contributed by atoms with Crippen molar-refractivity contribution in [3.05, 3.63) is 0 Å². The molecule has 0 atom stereocenters. The lowest BCUT2D eigenvalue weighted by Crippen LogP contribution is -2.21. The van der Waals surface area contributed by atoms with Crippen LogP contribution in [0.15, 0.2) is 0 Å². The van der Waals surface area contributed by atoms with Gasteiger partial charge in [0, 0.05) is 40.6 Å². The number of rotatable bonds is 11. The zero-order valence-electron chi connectivity index (χ0n) is 9.38. The highest BCUT2D eigenvalue weighted by atomic mass is 16.5. The van der Waals surface area contributed by atoms with E-state index < -0.39 is 0 Å². The standard InChI is InChI=1S/C10H23NO3/c1-12-7-4-9-14-8-3-5-11-6-10-13-2/h11H,3-10H2,1-2H3. The van der Waals surface area contributed by atoms with Crippen LogP contribution in [0, 0.1) is 0 Å². The second-order valence-corrected chi connectivity index (χ2v) is 3.06. The highest BCUT2D eigenvalue weighted by molar-refractivity contribution is 4.46. The van der Waals surface area contributed by atoms with Crippen molar-refractivity contribution in [3.8, 4) is 0 Å². The summed E-state index contributed by atoms with van der Waals surface area (Å²) in [6, 6.07) is 0. The molecule has 0 aromatic rings. The van der Waals surface area contributed by atoms with E-state index in [0.29, 0.717) is 0 Å². The third-order valence-electron chi connectivity index (χ3n) is 1.76. The molecule has 0 aliphatic heterocycles. The Bertz CT molecular complexity index is 89.4. The average Bonchev–Trinajstić information content (AvgIpc) is 2.21. The quantitative estimate of drug-likeness (QED) is 0.503. The summed E-state index contributed by atoms with van der Waals surface area (Å²) < 4.78 is 15.2. The maximum absolute atomic E-state index is 5.39. The van der Waals surface area contributed by atoms with Crippen LogP contribution in [0.25, 0.3) is 0 Å². The fourth-order valence-electron chi connectivity index (χ4n) is 1.01. The summed E-state index contributed by atoms with van der Waals surface area (Å²) in [5, 5.41) is 3.26. The van der Waals surface area contributed by atoms with Crippen LogP contribution < -0.4 is 5.32 Å². The Morgan fingerprint density at radius 3 is 2.21 bits per heavy atom. The first-order valence-corrected chi connectivity index (χ1v) is 5.18. The van der Waals surface area contributed by atoms with Gasteiger partial charge in [-0.1, -0.05) is 0 Å². The average molecular weight is 205 g/mol. The Morgan fingerprint density at radius 1 is 0.786 bits per heavy atom. The third-order valence-corrected chi connectivity index (χ3v) is 1.76. The van der Waals surface area contributed by atoms with Crippen molar-refractivity contribution < 1.29 is 14.2 Å².